The van der Waals surface area contributed by atoms with Crippen LogP contribution in [0.2, 0.25) is 5.02 Å². The smallest absolute Gasteiger partial charge is 0.187 e. The Kier molecular flexibility index (Phi) is 4.55. The van der Waals surface area contributed by atoms with Crippen LogP contribution in [0, 0.1) is 5.92 Å². The lowest BCUT2D eigenvalue weighted by atomic mass is 10.1. The Morgan fingerprint density at radius 2 is 1.90 bits per heavy atom. The zero-order valence-corrected chi connectivity index (χ0v) is 12.6. The van der Waals surface area contributed by atoms with E-state index in [-0.39, 0.29) is 11.8 Å². The molecular formula is C15H18ClN3O. The minimum atomic E-state index is -0.371. The summed E-state index contributed by atoms with van der Waals surface area (Å²) in [5.74, 6) is 1.27. The fourth-order valence-electron chi connectivity index (χ4n) is 1.93. The van der Waals surface area contributed by atoms with Crippen LogP contribution in [0.5, 0.6) is 0 Å². The van der Waals surface area contributed by atoms with Crippen LogP contribution in [0.4, 0.5) is 0 Å². The number of aromatic nitrogens is 3. The number of nitrogens with zero attached hydrogens (tertiary/aromatic N) is 3. The van der Waals surface area contributed by atoms with Gasteiger partial charge in [0.25, 0.3) is 0 Å². The molecule has 1 atom stereocenters. The highest BCUT2D eigenvalue weighted by Crippen LogP contribution is 2.16. The molecule has 0 N–H and O–H groups in total. The molecule has 0 aliphatic carbocycles. The summed E-state index contributed by atoms with van der Waals surface area (Å²) in [6, 6.07) is 6.52. The van der Waals surface area contributed by atoms with Gasteiger partial charge in [-0.2, -0.15) is 5.10 Å². The number of Topliss-reactive ketones (excluding diaryl/α,β-unsaturated/α-hetero) is 1. The summed E-state index contributed by atoms with van der Waals surface area (Å²) in [5, 5.41) is 4.99. The number of hydrogen-bond donors (Lipinski definition) is 0. The van der Waals surface area contributed by atoms with Crippen molar-refractivity contribution in [1.82, 2.24) is 14.8 Å². The van der Waals surface area contributed by atoms with Crippen molar-refractivity contribution in [3.05, 3.63) is 47.0 Å². The van der Waals surface area contributed by atoms with Crippen molar-refractivity contribution in [2.45, 2.75) is 33.2 Å². The second-order valence-electron chi connectivity index (χ2n) is 5.29. The average molecular weight is 292 g/mol. The Morgan fingerprint density at radius 3 is 2.50 bits per heavy atom. The normalized spacial score (nSPS) is 12.7. The molecular weight excluding hydrogens is 274 g/mol. The molecule has 0 saturated carbocycles. The molecule has 4 nitrogen and oxygen atoms in total. The van der Waals surface area contributed by atoms with E-state index in [1.165, 1.54) is 0 Å². The molecule has 5 heteroatoms. The van der Waals surface area contributed by atoms with Gasteiger partial charge >= 0.3 is 0 Å². The maximum absolute atomic E-state index is 12.4. The molecule has 2 aromatic rings. The lowest BCUT2D eigenvalue weighted by Crippen LogP contribution is -2.17. The quantitative estimate of drug-likeness (QED) is 0.791. The van der Waals surface area contributed by atoms with Gasteiger partial charge < -0.3 is 0 Å². The third-order valence-electron chi connectivity index (χ3n) is 3.05. The number of carbonyl (C=O) groups is 1. The molecule has 0 aliphatic rings. The molecule has 1 unspecified atom stereocenters. The molecule has 0 bridgehead atoms. The van der Waals surface area contributed by atoms with E-state index >= 15 is 0 Å². The summed E-state index contributed by atoms with van der Waals surface area (Å²) in [4.78, 5) is 16.6. The van der Waals surface area contributed by atoms with Crippen molar-refractivity contribution in [3.63, 3.8) is 0 Å². The van der Waals surface area contributed by atoms with E-state index in [0.29, 0.717) is 16.5 Å². The summed E-state index contributed by atoms with van der Waals surface area (Å²) in [7, 11) is 0. The van der Waals surface area contributed by atoms with Crippen molar-refractivity contribution >= 4 is 17.4 Å². The minimum Gasteiger partial charge on any atom is -0.292 e. The van der Waals surface area contributed by atoms with E-state index in [2.05, 4.69) is 23.9 Å². The van der Waals surface area contributed by atoms with Gasteiger partial charge in [-0.3, -0.25) is 4.79 Å². The zero-order valence-electron chi connectivity index (χ0n) is 11.9. The molecule has 106 valence electrons. The first-order valence-corrected chi connectivity index (χ1v) is 7.05. The molecule has 1 aromatic heterocycles. The first-order valence-electron chi connectivity index (χ1n) is 6.67. The highest BCUT2D eigenvalue weighted by molar-refractivity contribution is 6.30. The topological polar surface area (TPSA) is 47.8 Å². The molecule has 0 radical (unpaired) electrons. The zero-order chi connectivity index (χ0) is 14.7. The molecule has 2 rings (SSSR count). The number of halogens is 1. The third kappa shape index (κ3) is 3.45. The van der Waals surface area contributed by atoms with Crippen LogP contribution in [0.25, 0.3) is 0 Å². The summed E-state index contributed by atoms with van der Waals surface area (Å²) in [5.41, 5.74) is 0.628. The number of hydrogen-bond acceptors (Lipinski definition) is 3. The highest BCUT2D eigenvalue weighted by Gasteiger charge is 2.18. The molecule has 20 heavy (non-hydrogen) atoms. The minimum absolute atomic E-state index is 0.00247. The molecule has 0 spiro atoms. The number of benzene rings is 1. The standard InChI is InChI=1S/C15H18ClN3O/c1-10(2)8-14-17-9-19(18-14)11(3)15(20)12-4-6-13(16)7-5-12/h4-7,9-11H,8H2,1-3H3. The second kappa shape index (κ2) is 6.18. The molecule has 1 heterocycles. The maximum Gasteiger partial charge on any atom is 0.187 e. The summed E-state index contributed by atoms with van der Waals surface area (Å²) < 4.78 is 1.62. The van der Waals surface area contributed by atoms with Gasteiger partial charge in [0.2, 0.25) is 0 Å². The van der Waals surface area contributed by atoms with Crippen molar-refractivity contribution < 1.29 is 4.79 Å². The van der Waals surface area contributed by atoms with E-state index in [1.54, 1.807) is 35.3 Å². The predicted molar refractivity (Wildman–Crippen MR) is 79.1 cm³/mol. The van der Waals surface area contributed by atoms with Crippen molar-refractivity contribution in [2.24, 2.45) is 5.92 Å². The SMILES string of the molecule is CC(C)Cc1ncn(C(C)C(=O)c2ccc(Cl)cc2)n1. The lowest BCUT2D eigenvalue weighted by Gasteiger charge is -2.10. The van der Waals surface area contributed by atoms with Crippen LogP contribution in [0.15, 0.2) is 30.6 Å². The molecule has 0 fully saturated rings. The summed E-state index contributed by atoms with van der Waals surface area (Å²) in [6.45, 7) is 6.05. The summed E-state index contributed by atoms with van der Waals surface area (Å²) >= 11 is 5.83. The van der Waals surface area contributed by atoms with Crippen molar-refractivity contribution in [1.29, 1.82) is 0 Å². The van der Waals surface area contributed by atoms with Gasteiger partial charge in [-0.1, -0.05) is 25.4 Å². The lowest BCUT2D eigenvalue weighted by molar-refractivity contribution is 0.0927. The Balaban J connectivity index is 2.14. The average Bonchev–Trinajstić information content (AvgIpc) is 2.85. The van der Waals surface area contributed by atoms with Crippen LogP contribution >= 0.6 is 11.6 Å². The van der Waals surface area contributed by atoms with E-state index in [9.17, 15) is 4.79 Å². The maximum atomic E-state index is 12.4. The fourth-order valence-corrected chi connectivity index (χ4v) is 2.06. The van der Waals surface area contributed by atoms with Gasteiger partial charge in [0, 0.05) is 17.0 Å². The van der Waals surface area contributed by atoms with Gasteiger partial charge in [0.15, 0.2) is 11.6 Å². The Labute approximate surface area is 123 Å². The second-order valence-corrected chi connectivity index (χ2v) is 5.72. The van der Waals surface area contributed by atoms with Crippen LogP contribution in [-0.2, 0) is 6.42 Å². The first kappa shape index (κ1) is 14.7. The van der Waals surface area contributed by atoms with Gasteiger partial charge in [-0.25, -0.2) is 9.67 Å². The van der Waals surface area contributed by atoms with Gasteiger partial charge in [-0.15, -0.1) is 0 Å². The Bertz CT molecular complexity index is 589. The number of ketones is 1. The van der Waals surface area contributed by atoms with Gasteiger partial charge in [-0.05, 0) is 37.1 Å². The van der Waals surface area contributed by atoms with Gasteiger partial charge in [0.05, 0.1) is 0 Å². The largest absolute Gasteiger partial charge is 0.292 e. The Hall–Kier alpha value is -1.68. The predicted octanol–water partition coefficient (Wildman–Crippen LogP) is 3.57. The molecule has 0 saturated heterocycles. The van der Waals surface area contributed by atoms with E-state index < -0.39 is 0 Å². The fraction of sp³-hybridized carbons (Fsp3) is 0.400. The number of carbonyl (C=O) groups excluding carboxylic acids is 1. The van der Waals surface area contributed by atoms with Crippen molar-refractivity contribution in [2.75, 3.05) is 0 Å². The van der Waals surface area contributed by atoms with Gasteiger partial charge in [0.1, 0.15) is 12.4 Å². The van der Waals surface area contributed by atoms with Crippen LogP contribution in [-0.4, -0.2) is 20.5 Å². The van der Waals surface area contributed by atoms with E-state index in [4.69, 9.17) is 11.6 Å². The molecule has 0 amide bonds. The first-order chi connectivity index (χ1) is 9.47. The van der Waals surface area contributed by atoms with Crippen molar-refractivity contribution in [3.8, 4) is 0 Å². The monoisotopic (exact) mass is 291 g/mol. The van der Waals surface area contributed by atoms with E-state index in [1.807, 2.05) is 6.92 Å². The highest BCUT2D eigenvalue weighted by atomic mass is 35.5. The van der Waals surface area contributed by atoms with Crippen LogP contribution in [0.1, 0.15) is 43.0 Å². The molecule has 1 aromatic carbocycles. The third-order valence-corrected chi connectivity index (χ3v) is 3.30. The van der Waals surface area contributed by atoms with E-state index in [0.717, 1.165) is 12.2 Å². The molecule has 0 aliphatic heterocycles. The Morgan fingerprint density at radius 1 is 1.25 bits per heavy atom. The van der Waals surface area contributed by atoms with Crippen LogP contribution < -0.4 is 0 Å². The van der Waals surface area contributed by atoms with Crippen LogP contribution in [0.3, 0.4) is 0 Å². The summed E-state index contributed by atoms with van der Waals surface area (Å²) in [6.07, 6.45) is 2.44. The number of rotatable bonds is 5.